The highest BCUT2D eigenvalue weighted by Gasteiger charge is 2.16. The van der Waals surface area contributed by atoms with Crippen LogP contribution >= 0.6 is 0 Å². The van der Waals surface area contributed by atoms with Gasteiger partial charge in [-0.15, -0.1) is 0 Å². The van der Waals surface area contributed by atoms with E-state index in [0.717, 1.165) is 22.4 Å². The molecule has 1 heterocycles. The van der Waals surface area contributed by atoms with Crippen LogP contribution in [0.1, 0.15) is 22.3 Å². The third-order valence-electron chi connectivity index (χ3n) is 4.82. The molecule has 0 atom stereocenters. The maximum absolute atomic E-state index is 12.6. The maximum atomic E-state index is 12.6. The highest BCUT2D eigenvalue weighted by Crippen LogP contribution is 2.26. The highest BCUT2D eigenvalue weighted by molar-refractivity contribution is 5.96. The predicted molar refractivity (Wildman–Crippen MR) is 116 cm³/mol. The summed E-state index contributed by atoms with van der Waals surface area (Å²) < 4.78 is 0. The van der Waals surface area contributed by atoms with E-state index in [4.69, 9.17) is 0 Å². The van der Waals surface area contributed by atoms with Crippen LogP contribution in [0.4, 0.5) is 17.2 Å². The van der Waals surface area contributed by atoms with Gasteiger partial charge in [-0.3, -0.25) is 14.9 Å². The zero-order chi connectivity index (χ0) is 22.0. The third kappa shape index (κ3) is 4.20. The van der Waals surface area contributed by atoms with Crippen LogP contribution in [-0.2, 0) is 4.79 Å². The Morgan fingerprint density at radius 2 is 1.87 bits per heavy atom. The molecule has 1 aromatic heterocycles. The third-order valence-corrected chi connectivity index (χ3v) is 4.82. The van der Waals surface area contributed by atoms with Gasteiger partial charge < -0.3 is 10.2 Å². The minimum atomic E-state index is -0.514. The molecule has 30 heavy (non-hydrogen) atoms. The molecule has 152 valence electrons. The van der Waals surface area contributed by atoms with Gasteiger partial charge in [0.1, 0.15) is 5.82 Å². The molecule has 0 aliphatic rings. The van der Waals surface area contributed by atoms with Crippen LogP contribution in [-0.4, -0.2) is 29.4 Å². The smallest absolute Gasteiger partial charge is 0.270 e. The second-order valence-electron chi connectivity index (χ2n) is 7.28. The van der Waals surface area contributed by atoms with Crippen LogP contribution in [0.3, 0.4) is 0 Å². The van der Waals surface area contributed by atoms with Gasteiger partial charge in [0, 0.05) is 30.3 Å². The topological polar surface area (TPSA) is 112 Å². The van der Waals surface area contributed by atoms with Gasteiger partial charge >= 0.3 is 0 Å². The van der Waals surface area contributed by atoms with Gasteiger partial charge in [0.25, 0.3) is 5.69 Å². The molecule has 0 fully saturated rings. The normalized spacial score (nSPS) is 10.5. The van der Waals surface area contributed by atoms with Gasteiger partial charge in [0.05, 0.1) is 28.6 Å². The van der Waals surface area contributed by atoms with Crippen LogP contribution in [0.5, 0.6) is 0 Å². The van der Waals surface area contributed by atoms with Crippen molar-refractivity contribution < 1.29 is 9.72 Å². The van der Waals surface area contributed by atoms with Gasteiger partial charge in [-0.2, -0.15) is 5.26 Å². The summed E-state index contributed by atoms with van der Waals surface area (Å²) in [6.07, 6.45) is 0. The minimum Gasteiger partial charge on any atom is -0.350 e. The van der Waals surface area contributed by atoms with E-state index in [-0.39, 0.29) is 23.7 Å². The first-order chi connectivity index (χ1) is 14.2. The Kier molecular flexibility index (Phi) is 5.65. The molecule has 2 aromatic carbocycles. The van der Waals surface area contributed by atoms with Gasteiger partial charge in [-0.25, -0.2) is 4.98 Å². The van der Waals surface area contributed by atoms with E-state index in [1.54, 1.807) is 11.9 Å². The molecule has 0 aliphatic heterocycles. The number of hydrogen-bond acceptors (Lipinski definition) is 6. The minimum absolute atomic E-state index is 0.0309. The first-order valence-corrected chi connectivity index (χ1v) is 9.27. The lowest BCUT2D eigenvalue weighted by Gasteiger charge is -2.20. The maximum Gasteiger partial charge on any atom is 0.270 e. The Morgan fingerprint density at radius 3 is 2.47 bits per heavy atom. The first-order valence-electron chi connectivity index (χ1n) is 9.27. The van der Waals surface area contributed by atoms with Crippen LogP contribution < -0.4 is 10.2 Å². The van der Waals surface area contributed by atoms with E-state index in [2.05, 4.69) is 16.4 Å². The molecular weight excluding hydrogens is 382 g/mol. The van der Waals surface area contributed by atoms with Crippen molar-refractivity contribution in [2.24, 2.45) is 0 Å². The monoisotopic (exact) mass is 403 g/mol. The number of rotatable bonds is 5. The number of anilines is 2. The standard InChI is InChI=1S/C22H21N5O3/c1-13-7-14(2)22(15(3)8-13)25-21(28)12-26(4)20-9-16(11-23)18-10-17(27(29)30)5-6-19(18)24-20/h5-10H,12H2,1-4H3,(H,25,28). The lowest BCUT2D eigenvalue weighted by Crippen LogP contribution is -2.31. The molecule has 0 unspecified atom stereocenters. The Hall–Kier alpha value is -3.99. The summed E-state index contributed by atoms with van der Waals surface area (Å²) in [4.78, 5) is 29.2. The zero-order valence-electron chi connectivity index (χ0n) is 17.2. The number of likely N-dealkylation sites (N-methyl/N-ethyl adjacent to an activating group) is 1. The van der Waals surface area contributed by atoms with Crippen LogP contribution in [0.15, 0.2) is 36.4 Å². The van der Waals surface area contributed by atoms with Crippen molar-refractivity contribution >= 4 is 34.0 Å². The fourth-order valence-corrected chi connectivity index (χ4v) is 3.45. The van der Waals surface area contributed by atoms with Crippen LogP contribution in [0.2, 0.25) is 0 Å². The Balaban J connectivity index is 1.85. The van der Waals surface area contributed by atoms with Crippen LogP contribution in [0.25, 0.3) is 10.9 Å². The van der Waals surface area contributed by atoms with Gasteiger partial charge in [-0.05, 0) is 44.0 Å². The molecule has 3 aromatic rings. The molecule has 3 rings (SSSR count). The zero-order valence-corrected chi connectivity index (χ0v) is 17.2. The molecule has 0 bridgehead atoms. The van der Waals surface area contributed by atoms with Crippen molar-refractivity contribution in [2.75, 3.05) is 23.8 Å². The Morgan fingerprint density at radius 1 is 1.20 bits per heavy atom. The molecular formula is C22H21N5O3. The molecule has 0 saturated carbocycles. The van der Waals surface area contributed by atoms with E-state index >= 15 is 0 Å². The number of hydrogen-bond donors (Lipinski definition) is 1. The van der Waals surface area contributed by atoms with Gasteiger partial charge in [-0.1, -0.05) is 17.7 Å². The number of benzene rings is 2. The number of nitro groups is 1. The molecule has 0 saturated heterocycles. The lowest BCUT2D eigenvalue weighted by molar-refractivity contribution is -0.384. The number of nitrogens with one attached hydrogen (secondary N) is 1. The second kappa shape index (κ2) is 8.17. The van der Waals surface area contributed by atoms with E-state index < -0.39 is 4.92 Å². The van der Waals surface area contributed by atoms with Crippen molar-refractivity contribution in [3.05, 3.63) is 68.8 Å². The van der Waals surface area contributed by atoms with E-state index in [1.807, 2.05) is 32.9 Å². The fourth-order valence-electron chi connectivity index (χ4n) is 3.45. The molecule has 8 heteroatoms. The Labute approximate surface area is 173 Å². The molecule has 0 spiro atoms. The molecule has 1 amide bonds. The van der Waals surface area contributed by atoms with E-state index in [9.17, 15) is 20.2 Å². The number of aryl methyl sites for hydroxylation is 3. The Bertz CT molecular complexity index is 1190. The summed E-state index contributed by atoms with van der Waals surface area (Å²) in [5, 5.41) is 23.8. The van der Waals surface area contributed by atoms with Crippen LogP contribution in [0, 0.1) is 42.2 Å². The number of fused-ring (bicyclic) bond motifs is 1. The molecule has 8 nitrogen and oxygen atoms in total. The van der Waals surface area contributed by atoms with Crippen molar-refractivity contribution in [3.8, 4) is 6.07 Å². The summed E-state index contributed by atoms with van der Waals surface area (Å²) in [6, 6.07) is 11.8. The number of nitriles is 1. The molecule has 0 radical (unpaired) electrons. The number of amides is 1. The molecule has 1 N–H and O–H groups in total. The summed E-state index contributed by atoms with van der Waals surface area (Å²) in [5.74, 6) is 0.220. The number of non-ortho nitro benzene ring substituents is 1. The second-order valence-corrected chi connectivity index (χ2v) is 7.28. The number of nitro benzene ring substituents is 1. The van der Waals surface area contributed by atoms with Crippen molar-refractivity contribution in [1.82, 2.24) is 4.98 Å². The lowest BCUT2D eigenvalue weighted by atomic mass is 10.1. The number of nitrogens with zero attached hydrogens (tertiary/aromatic N) is 4. The number of carbonyl (C=O) groups is 1. The fraction of sp³-hybridized carbons (Fsp3) is 0.227. The van der Waals surface area contributed by atoms with E-state index in [0.29, 0.717) is 16.7 Å². The van der Waals surface area contributed by atoms with Crippen molar-refractivity contribution in [2.45, 2.75) is 20.8 Å². The average molecular weight is 403 g/mol. The number of aromatic nitrogens is 1. The van der Waals surface area contributed by atoms with Crippen molar-refractivity contribution in [3.63, 3.8) is 0 Å². The summed E-state index contributed by atoms with van der Waals surface area (Å²) in [5.41, 5.74) is 4.50. The van der Waals surface area contributed by atoms with Gasteiger partial charge in [0.2, 0.25) is 5.91 Å². The first kappa shape index (κ1) is 20.7. The SMILES string of the molecule is Cc1cc(C)c(NC(=O)CN(C)c2cc(C#N)c3cc([N+](=O)[O-])ccc3n2)c(C)c1. The number of pyridine rings is 1. The van der Waals surface area contributed by atoms with Gasteiger partial charge in [0.15, 0.2) is 0 Å². The predicted octanol–water partition coefficient (Wildman–Crippen LogP) is 4.01. The quantitative estimate of drug-likeness (QED) is 0.509. The summed E-state index contributed by atoms with van der Waals surface area (Å²) >= 11 is 0. The summed E-state index contributed by atoms with van der Waals surface area (Å²) in [7, 11) is 1.70. The molecule has 0 aliphatic carbocycles. The summed E-state index contributed by atoms with van der Waals surface area (Å²) in [6.45, 7) is 5.93. The average Bonchev–Trinajstić information content (AvgIpc) is 2.69. The van der Waals surface area contributed by atoms with Crippen molar-refractivity contribution in [1.29, 1.82) is 5.26 Å². The van der Waals surface area contributed by atoms with E-state index in [1.165, 1.54) is 24.3 Å². The highest BCUT2D eigenvalue weighted by atomic mass is 16.6. The largest absolute Gasteiger partial charge is 0.350 e. The number of carbonyl (C=O) groups excluding carboxylic acids is 1.